The lowest BCUT2D eigenvalue weighted by Gasteiger charge is -2.22. The molecule has 0 saturated carbocycles. The summed E-state index contributed by atoms with van der Waals surface area (Å²) in [4.78, 5) is 39.4. The summed E-state index contributed by atoms with van der Waals surface area (Å²) in [5.41, 5.74) is -0.473. The van der Waals surface area contributed by atoms with Crippen molar-refractivity contribution in [2.45, 2.75) is 26.8 Å². The highest BCUT2D eigenvalue weighted by Crippen LogP contribution is 2.31. The summed E-state index contributed by atoms with van der Waals surface area (Å²) in [6.45, 7) is 5.91. The maximum absolute atomic E-state index is 12.9. The number of nitrogens with zero attached hydrogens (tertiary/aromatic N) is 3. The fraction of sp³-hybridized carbons (Fsp3) is 0.450. The summed E-state index contributed by atoms with van der Waals surface area (Å²) in [6.07, 6.45) is 0. The molecule has 0 spiro atoms. The standard InChI is InChI=1S/C20H29N5O4/c1-11(2)12(3)21-15-16(20(29)25(7)24(6)19(15)28)22-14-10-8-9-13(17(14)26)18(27)23(4)5/h8-12,21-22,26H,1-7H3. The van der Waals surface area contributed by atoms with E-state index >= 15 is 0 Å². The molecule has 1 unspecified atom stereocenters. The van der Waals surface area contributed by atoms with Crippen LogP contribution in [0.25, 0.3) is 0 Å². The number of amides is 1. The molecule has 29 heavy (non-hydrogen) atoms. The van der Waals surface area contributed by atoms with Crippen LogP contribution in [0.1, 0.15) is 31.1 Å². The molecule has 1 heterocycles. The van der Waals surface area contributed by atoms with Gasteiger partial charge in [-0.2, -0.15) is 0 Å². The molecule has 9 nitrogen and oxygen atoms in total. The number of para-hydroxylation sites is 1. The van der Waals surface area contributed by atoms with E-state index in [2.05, 4.69) is 10.6 Å². The zero-order valence-corrected chi connectivity index (χ0v) is 17.9. The average molecular weight is 403 g/mol. The zero-order valence-electron chi connectivity index (χ0n) is 17.9. The van der Waals surface area contributed by atoms with Gasteiger partial charge in [-0.3, -0.25) is 14.4 Å². The van der Waals surface area contributed by atoms with Crippen LogP contribution in [0.4, 0.5) is 17.1 Å². The van der Waals surface area contributed by atoms with Crippen LogP contribution in [0.5, 0.6) is 5.75 Å². The molecule has 0 aliphatic carbocycles. The minimum Gasteiger partial charge on any atom is -0.505 e. The molecule has 2 aromatic rings. The minimum absolute atomic E-state index is 0.00727. The Morgan fingerprint density at radius 1 is 1.03 bits per heavy atom. The van der Waals surface area contributed by atoms with Crippen molar-refractivity contribution in [2.24, 2.45) is 20.0 Å². The fourth-order valence-corrected chi connectivity index (χ4v) is 2.65. The summed E-state index contributed by atoms with van der Waals surface area (Å²) in [5.74, 6) is -0.461. The van der Waals surface area contributed by atoms with Crippen molar-refractivity contribution in [1.29, 1.82) is 0 Å². The van der Waals surface area contributed by atoms with Gasteiger partial charge in [-0.05, 0) is 25.0 Å². The first kappa shape index (κ1) is 22.1. The van der Waals surface area contributed by atoms with Gasteiger partial charge in [0.2, 0.25) is 0 Å². The zero-order chi connectivity index (χ0) is 22.0. The fourth-order valence-electron chi connectivity index (χ4n) is 2.65. The van der Waals surface area contributed by atoms with Crippen LogP contribution < -0.4 is 21.8 Å². The van der Waals surface area contributed by atoms with E-state index < -0.39 is 5.56 Å². The Morgan fingerprint density at radius 2 is 1.59 bits per heavy atom. The van der Waals surface area contributed by atoms with E-state index in [0.29, 0.717) is 0 Å². The third-order valence-electron chi connectivity index (χ3n) is 5.02. The number of anilines is 3. The van der Waals surface area contributed by atoms with Crippen LogP contribution in [0.15, 0.2) is 27.8 Å². The van der Waals surface area contributed by atoms with Crippen LogP contribution >= 0.6 is 0 Å². The number of hydrogen-bond acceptors (Lipinski definition) is 6. The number of hydrogen-bond donors (Lipinski definition) is 3. The number of nitrogens with one attached hydrogen (secondary N) is 2. The monoisotopic (exact) mass is 403 g/mol. The lowest BCUT2D eigenvalue weighted by atomic mass is 10.1. The Kier molecular flexibility index (Phi) is 6.41. The van der Waals surface area contributed by atoms with Gasteiger partial charge in [0.05, 0.1) is 11.3 Å². The summed E-state index contributed by atoms with van der Waals surface area (Å²) in [7, 11) is 6.14. The van der Waals surface area contributed by atoms with E-state index in [-0.39, 0.29) is 51.8 Å². The van der Waals surface area contributed by atoms with E-state index in [9.17, 15) is 19.5 Å². The molecule has 1 atom stereocenters. The third-order valence-corrected chi connectivity index (χ3v) is 5.02. The SMILES string of the molecule is CC(C)C(C)Nc1c(Nc2cccc(C(=O)N(C)C)c2O)c(=O)n(C)n(C)c1=O. The van der Waals surface area contributed by atoms with Crippen LogP contribution in [-0.4, -0.2) is 45.4 Å². The first-order chi connectivity index (χ1) is 13.5. The second-order valence-electron chi connectivity index (χ2n) is 7.61. The van der Waals surface area contributed by atoms with Gasteiger partial charge in [0.15, 0.2) is 5.75 Å². The van der Waals surface area contributed by atoms with Gasteiger partial charge in [-0.25, -0.2) is 9.36 Å². The predicted octanol–water partition coefficient (Wildman–Crippen LogP) is 1.69. The number of phenols is 1. The van der Waals surface area contributed by atoms with Crippen molar-refractivity contribution in [1.82, 2.24) is 14.3 Å². The number of carbonyl (C=O) groups is 1. The first-order valence-corrected chi connectivity index (χ1v) is 9.34. The molecule has 9 heteroatoms. The summed E-state index contributed by atoms with van der Waals surface area (Å²) in [5, 5.41) is 16.6. The Morgan fingerprint density at radius 3 is 2.10 bits per heavy atom. The van der Waals surface area contributed by atoms with Gasteiger partial charge >= 0.3 is 0 Å². The molecular formula is C20H29N5O4. The third kappa shape index (κ3) is 4.28. The molecule has 2 rings (SSSR count). The van der Waals surface area contributed by atoms with E-state index in [1.165, 1.54) is 40.5 Å². The molecule has 0 fully saturated rings. The molecule has 3 N–H and O–H groups in total. The van der Waals surface area contributed by atoms with Crippen molar-refractivity contribution in [3.63, 3.8) is 0 Å². The van der Waals surface area contributed by atoms with E-state index in [4.69, 9.17) is 0 Å². The summed E-state index contributed by atoms with van der Waals surface area (Å²) >= 11 is 0. The van der Waals surface area contributed by atoms with E-state index in [1.54, 1.807) is 20.2 Å². The van der Waals surface area contributed by atoms with Crippen molar-refractivity contribution in [2.75, 3.05) is 24.7 Å². The van der Waals surface area contributed by atoms with Gasteiger partial charge in [-0.15, -0.1) is 0 Å². The van der Waals surface area contributed by atoms with Gasteiger partial charge in [0.25, 0.3) is 17.0 Å². The molecule has 1 aromatic heterocycles. The minimum atomic E-state index is -0.450. The smallest absolute Gasteiger partial charge is 0.290 e. The number of aromatic hydroxyl groups is 1. The molecular weight excluding hydrogens is 374 g/mol. The second-order valence-corrected chi connectivity index (χ2v) is 7.61. The lowest BCUT2D eigenvalue weighted by Crippen LogP contribution is -2.39. The highest BCUT2D eigenvalue weighted by molar-refractivity contribution is 5.98. The molecule has 1 aromatic carbocycles. The normalized spacial score (nSPS) is 12.0. The largest absolute Gasteiger partial charge is 0.505 e. The molecule has 0 aliphatic rings. The molecule has 0 bridgehead atoms. The number of rotatable bonds is 6. The van der Waals surface area contributed by atoms with Crippen molar-refractivity contribution >= 4 is 23.0 Å². The molecule has 0 radical (unpaired) electrons. The van der Waals surface area contributed by atoms with Crippen molar-refractivity contribution < 1.29 is 9.90 Å². The van der Waals surface area contributed by atoms with Crippen molar-refractivity contribution in [3.05, 3.63) is 44.5 Å². The maximum atomic E-state index is 12.9. The van der Waals surface area contributed by atoms with Gasteiger partial charge in [0, 0.05) is 34.2 Å². The molecule has 1 amide bonds. The first-order valence-electron chi connectivity index (χ1n) is 9.34. The summed E-state index contributed by atoms with van der Waals surface area (Å²) < 4.78 is 2.40. The maximum Gasteiger partial charge on any atom is 0.290 e. The van der Waals surface area contributed by atoms with Crippen LogP contribution in [-0.2, 0) is 14.1 Å². The quantitative estimate of drug-likeness (QED) is 0.634. The Balaban J connectivity index is 2.64. The van der Waals surface area contributed by atoms with E-state index in [0.717, 1.165) is 0 Å². The summed E-state index contributed by atoms with van der Waals surface area (Å²) in [6, 6.07) is 4.54. The van der Waals surface area contributed by atoms with Crippen molar-refractivity contribution in [3.8, 4) is 5.75 Å². The molecule has 0 aliphatic heterocycles. The lowest BCUT2D eigenvalue weighted by molar-refractivity contribution is 0.0824. The molecule has 158 valence electrons. The Hall–Kier alpha value is -3.23. The molecule has 0 saturated heterocycles. The number of benzene rings is 1. The predicted molar refractivity (Wildman–Crippen MR) is 114 cm³/mol. The van der Waals surface area contributed by atoms with Crippen LogP contribution in [0, 0.1) is 5.92 Å². The Bertz CT molecular complexity index is 1040. The van der Waals surface area contributed by atoms with E-state index in [1.807, 2.05) is 20.8 Å². The number of carbonyl (C=O) groups excluding carboxylic acids is 1. The topological polar surface area (TPSA) is 109 Å². The Labute approximate surface area is 169 Å². The highest BCUT2D eigenvalue weighted by atomic mass is 16.3. The number of aromatic nitrogens is 2. The van der Waals surface area contributed by atoms with Gasteiger partial charge < -0.3 is 20.6 Å². The highest BCUT2D eigenvalue weighted by Gasteiger charge is 2.22. The van der Waals surface area contributed by atoms with Crippen LogP contribution in [0.3, 0.4) is 0 Å². The average Bonchev–Trinajstić information content (AvgIpc) is 2.67. The van der Waals surface area contributed by atoms with Gasteiger partial charge in [0.1, 0.15) is 11.4 Å². The van der Waals surface area contributed by atoms with Gasteiger partial charge in [-0.1, -0.05) is 19.9 Å². The van der Waals surface area contributed by atoms with Crippen LogP contribution in [0.2, 0.25) is 0 Å². The number of phenolic OH excluding ortho intramolecular Hbond substituents is 1. The second kappa shape index (κ2) is 8.42.